The molecule has 4 heteroatoms. The molecule has 0 radical (unpaired) electrons. The first-order valence-corrected chi connectivity index (χ1v) is 8.52. The van der Waals surface area contributed by atoms with Crippen LogP contribution in [-0.2, 0) is 4.79 Å². The topological polar surface area (TPSA) is 69.6 Å². The maximum absolute atomic E-state index is 13.0. The molecule has 1 heterocycles. The van der Waals surface area contributed by atoms with Crippen LogP contribution in [0.15, 0.2) is 48.5 Å². The molecule has 0 spiro atoms. The number of carbonyl (C=O) groups excluding carboxylic acids is 1. The molecule has 0 amide bonds. The highest BCUT2D eigenvalue weighted by molar-refractivity contribution is 5.87. The van der Waals surface area contributed by atoms with E-state index >= 15 is 0 Å². The van der Waals surface area contributed by atoms with Crippen molar-refractivity contribution in [3.05, 3.63) is 59.7 Å². The smallest absolute Gasteiger partial charge is 0.142 e. The summed E-state index contributed by atoms with van der Waals surface area (Å²) in [7, 11) is 0. The second-order valence-electron chi connectivity index (χ2n) is 6.79. The number of hydrogen-bond acceptors (Lipinski definition) is 4. The van der Waals surface area contributed by atoms with Gasteiger partial charge >= 0.3 is 0 Å². The number of aromatic hydroxyl groups is 2. The van der Waals surface area contributed by atoms with E-state index in [-0.39, 0.29) is 41.2 Å². The Labute approximate surface area is 141 Å². The van der Waals surface area contributed by atoms with Gasteiger partial charge in [0.1, 0.15) is 17.3 Å². The molecule has 1 saturated heterocycles. The van der Waals surface area contributed by atoms with Crippen LogP contribution in [0.2, 0.25) is 0 Å². The molecule has 2 fully saturated rings. The van der Waals surface area contributed by atoms with Crippen LogP contribution in [0.3, 0.4) is 0 Å². The molecule has 3 N–H and O–H groups in total. The number of phenols is 2. The summed E-state index contributed by atoms with van der Waals surface area (Å²) < 4.78 is 0. The number of benzene rings is 2. The van der Waals surface area contributed by atoms with E-state index in [1.165, 1.54) is 0 Å². The second-order valence-corrected chi connectivity index (χ2v) is 6.79. The maximum atomic E-state index is 13.0. The van der Waals surface area contributed by atoms with E-state index in [1.54, 1.807) is 24.3 Å². The molecule has 1 saturated carbocycles. The van der Waals surface area contributed by atoms with Gasteiger partial charge in [0.2, 0.25) is 0 Å². The lowest BCUT2D eigenvalue weighted by Crippen LogP contribution is -2.50. The number of phenolic OH excluding ortho intramolecular Hbond substituents is 2. The largest absolute Gasteiger partial charge is 0.508 e. The van der Waals surface area contributed by atoms with Crippen molar-refractivity contribution in [2.75, 3.05) is 0 Å². The standard InChI is InChI=1S/C20H21NO3/c22-16-10-3-1-6-12(16)18-14-8-5-9-15(20(14)24)19(21-18)13-7-2-4-11-17(13)23/h1-4,6-7,10-11,14-15,18-19,21-23H,5,8-9H2/t14-,15-,18-,19-/m0/s1. The highest BCUT2D eigenvalue weighted by Gasteiger charge is 2.47. The molecule has 2 aromatic carbocycles. The lowest BCUT2D eigenvalue weighted by molar-refractivity contribution is -0.135. The molecule has 0 unspecified atom stereocenters. The molecule has 124 valence electrons. The monoisotopic (exact) mass is 323 g/mol. The number of carbonyl (C=O) groups is 1. The van der Waals surface area contributed by atoms with Gasteiger partial charge in [0.15, 0.2) is 0 Å². The predicted molar refractivity (Wildman–Crippen MR) is 90.7 cm³/mol. The van der Waals surface area contributed by atoms with E-state index in [1.807, 2.05) is 24.3 Å². The third kappa shape index (κ3) is 2.38. The lowest BCUT2D eigenvalue weighted by Gasteiger charge is -2.45. The number of rotatable bonds is 2. The summed E-state index contributed by atoms with van der Waals surface area (Å²) in [6.45, 7) is 0. The number of para-hydroxylation sites is 2. The van der Waals surface area contributed by atoms with E-state index in [4.69, 9.17) is 0 Å². The van der Waals surface area contributed by atoms with Crippen molar-refractivity contribution in [1.29, 1.82) is 0 Å². The number of Topliss-reactive ketones (excluding diaryl/α,β-unsaturated/α-hetero) is 1. The molecule has 4 atom stereocenters. The van der Waals surface area contributed by atoms with Crippen molar-refractivity contribution in [3.63, 3.8) is 0 Å². The van der Waals surface area contributed by atoms with Gasteiger partial charge in [-0.2, -0.15) is 0 Å². The van der Waals surface area contributed by atoms with Gasteiger partial charge in [0, 0.05) is 35.0 Å². The van der Waals surface area contributed by atoms with Crippen LogP contribution < -0.4 is 5.32 Å². The Hall–Kier alpha value is -2.33. The minimum absolute atomic E-state index is 0.112. The SMILES string of the molecule is O=C1[C@H]2CCC[C@H]1[C@H](c1ccccc1O)N[C@H]2c1ccccc1O. The summed E-state index contributed by atoms with van der Waals surface area (Å²) in [4.78, 5) is 13.0. The first-order chi connectivity index (χ1) is 11.7. The molecule has 2 aliphatic rings. The fourth-order valence-electron chi connectivity index (χ4n) is 4.32. The van der Waals surface area contributed by atoms with Crippen molar-refractivity contribution in [3.8, 4) is 11.5 Å². The minimum atomic E-state index is -0.222. The molecular weight excluding hydrogens is 302 g/mol. The number of hydrogen-bond donors (Lipinski definition) is 3. The maximum Gasteiger partial charge on any atom is 0.142 e. The van der Waals surface area contributed by atoms with E-state index in [9.17, 15) is 15.0 Å². The van der Waals surface area contributed by atoms with Crippen molar-refractivity contribution < 1.29 is 15.0 Å². The van der Waals surface area contributed by atoms with Gasteiger partial charge < -0.3 is 15.5 Å². The van der Waals surface area contributed by atoms with Crippen LogP contribution in [0, 0.1) is 11.8 Å². The van der Waals surface area contributed by atoms with E-state index < -0.39 is 0 Å². The van der Waals surface area contributed by atoms with E-state index in [0.717, 1.165) is 30.4 Å². The Morgan fingerprint density at radius 3 is 1.71 bits per heavy atom. The number of nitrogens with one attached hydrogen (secondary N) is 1. The predicted octanol–water partition coefficient (Wildman–Crippen LogP) is 3.47. The lowest BCUT2D eigenvalue weighted by atomic mass is 9.67. The summed E-state index contributed by atoms with van der Waals surface area (Å²) in [6.07, 6.45) is 2.68. The third-order valence-corrected chi connectivity index (χ3v) is 5.47. The average molecular weight is 323 g/mol. The zero-order valence-corrected chi connectivity index (χ0v) is 13.4. The molecule has 2 aromatic rings. The molecule has 1 aliphatic heterocycles. The number of fused-ring (bicyclic) bond motifs is 2. The van der Waals surface area contributed by atoms with Gasteiger partial charge in [-0.25, -0.2) is 0 Å². The first kappa shape index (κ1) is 15.2. The summed E-state index contributed by atoms with van der Waals surface area (Å²) in [6, 6.07) is 13.9. The third-order valence-electron chi connectivity index (χ3n) is 5.47. The number of ketones is 1. The van der Waals surface area contributed by atoms with Crippen LogP contribution in [0.4, 0.5) is 0 Å². The Morgan fingerprint density at radius 2 is 1.25 bits per heavy atom. The second kappa shape index (κ2) is 5.95. The zero-order valence-electron chi connectivity index (χ0n) is 13.4. The van der Waals surface area contributed by atoms with Crippen LogP contribution in [-0.4, -0.2) is 16.0 Å². The highest BCUT2D eigenvalue weighted by atomic mass is 16.3. The molecule has 4 nitrogen and oxygen atoms in total. The average Bonchev–Trinajstić information content (AvgIpc) is 2.57. The molecule has 2 bridgehead atoms. The first-order valence-electron chi connectivity index (χ1n) is 8.52. The van der Waals surface area contributed by atoms with Crippen molar-refractivity contribution in [2.24, 2.45) is 11.8 Å². The van der Waals surface area contributed by atoms with Gasteiger partial charge in [0.25, 0.3) is 0 Å². The van der Waals surface area contributed by atoms with Crippen LogP contribution >= 0.6 is 0 Å². The van der Waals surface area contributed by atoms with Crippen LogP contribution in [0.1, 0.15) is 42.5 Å². The van der Waals surface area contributed by atoms with Crippen LogP contribution in [0.5, 0.6) is 11.5 Å². The Bertz CT molecular complexity index is 711. The van der Waals surface area contributed by atoms with Crippen molar-refractivity contribution >= 4 is 5.78 Å². The summed E-state index contributed by atoms with van der Waals surface area (Å²) >= 11 is 0. The minimum Gasteiger partial charge on any atom is -0.508 e. The Kier molecular flexibility index (Phi) is 3.77. The van der Waals surface area contributed by atoms with Gasteiger partial charge in [-0.1, -0.05) is 42.8 Å². The molecule has 4 rings (SSSR count). The zero-order chi connectivity index (χ0) is 16.7. The van der Waals surface area contributed by atoms with Gasteiger partial charge in [-0.3, -0.25) is 4.79 Å². The van der Waals surface area contributed by atoms with Gasteiger partial charge in [-0.15, -0.1) is 0 Å². The summed E-state index contributed by atoms with van der Waals surface area (Å²) in [5.74, 6) is 0.450. The van der Waals surface area contributed by atoms with Crippen molar-refractivity contribution in [2.45, 2.75) is 31.3 Å². The molecular formula is C20H21NO3. The van der Waals surface area contributed by atoms with E-state index in [2.05, 4.69) is 5.32 Å². The quantitative estimate of drug-likeness (QED) is 0.791. The number of piperidine rings is 1. The van der Waals surface area contributed by atoms with Crippen molar-refractivity contribution in [1.82, 2.24) is 5.32 Å². The van der Waals surface area contributed by atoms with Gasteiger partial charge in [0.05, 0.1) is 0 Å². The molecule has 0 aromatic heterocycles. The summed E-state index contributed by atoms with van der Waals surface area (Å²) in [5.41, 5.74) is 1.52. The Morgan fingerprint density at radius 1 is 0.792 bits per heavy atom. The fraction of sp³-hybridized carbons (Fsp3) is 0.350. The summed E-state index contributed by atoms with van der Waals surface area (Å²) in [5, 5.41) is 24.1. The highest BCUT2D eigenvalue weighted by Crippen LogP contribution is 2.48. The fourth-order valence-corrected chi connectivity index (χ4v) is 4.32. The normalized spacial score (nSPS) is 29.4. The van der Waals surface area contributed by atoms with Crippen LogP contribution in [0.25, 0.3) is 0 Å². The molecule has 1 aliphatic carbocycles. The van der Waals surface area contributed by atoms with E-state index in [0.29, 0.717) is 0 Å². The Balaban J connectivity index is 1.78. The molecule has 24 heavy (non-hydrogen) atoms. The van der Waals surface area contributed by atoms with Gasteiger partial charge in [-0.05, 0) is 25.0 Å².